The van der Waals surface area contributed by atoms with Crippen molar-refractivity contribution in [1.29, 1.82) is 0 Å². The molecule has 0 saturated heterocycles. The average Bonchev–Trinajstić information content (AvgIpc) is 2.77. The highest BCUT2D eigenvalue weighted by Gasteiger charge is 2.19. The van der Waals surface area contributed by atoms with Gasteiger partial charge in [-0.25, -0.2) is 9.97 Å². The van der Waals surface area contributed by atoms with E-state index in [4.69, 9.17) is 17.3 Å². The lowest BCUT2D eigenvalue weighted by atomic mass is 10.0. The van der Waals surface area contributed by atoms with Crippen molar-refractivity contribution in [1.82, 2.24) is 19.7 Å². The van der Waals surface area contributed by atoms with Crippen molar-refractivity contribution < 1.29 is 0 Å². The second kappa shape index (κ2) is 4.94. The molecule has 3 rings (SSSR count). The van der Waals surface area contributed by atoms with Crippen LogP contribution in [0.5, 0.6) is 0 Å². The van der Waals surface area contributed by atoms with E-state index >= 15 is 0 Å². The molecule has 0 fully saturated rings. The molecule has 2 aromatic heterocycles. The van der Waals surface area contributed by atoms with E-state index < -0.39 is 0 Å². The molecule has 0 aliphatic carbocycles. The molecule has 0 aliphatic heterocycles. The number of benzene rings is 1. The summed E-state index contributed by atoms with van der Waals surface area (Å²) in [6.07, 6.45) is 4.88. The number of nitrogens with two attached hydrogens (primary N) is 1. The normalized spacial score (nSPS) is 10.7. The smallest absolute Gasteiger partial charge is 0.129 e. The van der Waals surface area contributed by atoms with Crippen molar-refractivity contribution in [3.05, 3.63) is 48.0 Å². The fourth-order valence-corrected chi connectivity index (χ4v) is 2.32. The summed E-state index contributed by atoms with van der Waals surface area (Å²) in [5.74, 6) is 0.553. The Balaban J connectivity index is 2.29. The molecule has 6 heteroatoms. The molecule has 5 nitrogen and oxygen atoms in total. The molecule has 1 aromatic carbocycles. The van der Waals surface area contributed by atoms with Crippen LogP contribution >= 0.6 is 11.6 Å². The van der Waals surface area contributed by atoms with Crippen LogP contribution in [0.25, 0.3) is 22.4 Å². The molecule has 0 atom stereocenters. The van der Waals surface area contributed by atoms with Crippen molar-refractivity contribution in [3.8, 4) is 22.4 Å². The van der Waals surface area contributed by atoms with E-state index in [1.807, 2.05) is 24.3 Å². The Hall–Kier alpha value is -2.40. The van der Waals surface area contributed by atoms with E-state index in [9.17, 15) is 0 Å². The monoisotopic (exact) mass is 285 g/mol. The van der Waals surface area contributed by atoms with Gasteiger partial charge < -0.3 is 5.73 Å². The van der Waals surface area contributed by atoms with Gasteiger partial charge in [0.2, 0.25) is 0 Å². The average molecular weight is 286 g/mol. The van der Waals surface area contributed by atoms with Gasteiger partial charge in [0, 0.05) is 35.6 Å². The van der Waals surface area contributed by atoms with Gasteiger partial charge in [-0.15, -0.1) is 0 Å². The highest BCUT2D eigenvalue weighted by molar-refractivity contribution is 6.33. The van der Waals surface area contributed by atoms with Crippen molar-refractivity contribution in [2.24, 2.45) is 7.05 Å². The summed E-state index contributed by atoms with van der Waals surface area (Å²) in [6.45, 7) is 0. The summed E-state index contributed by atoms with van der Waals surface area (Å²) in [4.78, 5) is 8.05. The van der Waals surface area contributed by atoms with Gasteiger partial charge in [0.1, 0.15) is 17.8 Å². The fourth-order valence-electron chi connectivity index (χ4n) is 2.09. The van der Waals surface area contributed by atoms with Crippen LogP contribution in [-0.4, -0.2) is 19.7 Å². The predicted octanol–water partition coefficient (Wildman–Crippen LogP) is 2.78. The van der Waals surface area contributed by atoms with Crippen molar-refractivity contribution in [2.45, 2.75) is 0 Å². The van der Waals surface area contributed by atoms with Gasteiger partial charge in [0.15, 0.2) is 0 Å². The van der Waals surface area contributed by atoms with E-state index in [1.165, 1.54) is 6.33 Å². The van der Waals surface area contributed by atoms with Crippen molar-refractivity contribution in [3.63, 3.8) is 0 Å². The van der Waals surface area contributed by atoms with Crippen LogP contribution in [0.3, 0.4) is 0 Å². The lowest BCUT2D eigenvalue weighted by Gasteiger charge is -2.06. The van der Waals surface area contributed by atoms with Crippen LogP contribution in [0, 0.1) is 0 Å². The number of halogens is 1. The number of hydrogen-bond acceptors (Lipinski definition) is 4. The summed E-state index contributed by atoms with van der Waals surface area (Å²) >= 11 is 6.28. The fraction of sp³-hybridized carbons (Fsp3) is 0.0714. The third kappa shape index (κ3) is 2.02. The molecule has 0 amide bonds. The topological polar surface area (TPSA) is 69.6 Å². The summed E-state index contributed by atoms with van der Waals surface area (Å²) in [6, 6.07) is 7.54. The Morgan fingerprint density at radius 1 is 1.15 bits per heavy atom. The highest BCUT2D eigenvalue weighted by atomic mass is 35.5. The summed E-state index contributed by atoms with van der Waals surface area (Å²) < 4.78 is 1.63. The summed E-state index contributed by atoms with van der Waals surface area (Å²) in [5, 5.41) is 5.08. The lowest BCUT2D eigenvalue weighted by Crippen LogP contribution is -1.98. The number of hydrogen-bond donors (Lipinski definition) is 1. The molecule has 20 heavy (non-hydrogen) atoms. The Morgan fingerprint density at radius 3 is 2.55 bits per heavy atom. The van der Waals surface area contributed by atoms with E-state index in [1.54, 1.807) is 24.1 Å². The van der Waals surface area contributed by atoms with Crippen molar-refractivity contribution in [2.75, 3.05) is 5.73 Å². The molecule has 0 aliphatic rings. The second-order valence-electron chi connectivity index (χ2n) is 4.34. The van der Waals surface area contributed by atoms with Crippen LogP contribution < -0.4 is 5.73 Å². The van der Waals surface area contributed by atoms with Gasteiger partial charge in [-0.3, -0.25) is 4.68 Å². The van der Waals surface area contributed by atoms with Crippen LogP contribution in [0.4, 0.5) is 5.82 Å². The second-order valence-corrected chi connectivity index (χ2v) is 4.75. The first kappa shape index (κ1) is 12.6. The summed E-state index contributed by atoms with van der Waals surface area (Å²) in [7, 11) is 1.79. The number of nitrogen functional groups attached to an aromatic ring is 1. The zero-order chi connectivity index (χ0) is 14.1. The van der Waals surface area contributed by atoms with Gasteiger partial charge in [-0.1, -0.05) is 29.8 Å². The van der Waals surface area contributed by atoms with Gasteiger partial charge in [0.05, 0.1) is 5.56 Å². The minimum absolute atomic E-state index is 0.553. The molecule has 2 N–H and O–H groups in total. The maximum atomic E-state index is 6.28. The standard InChI is InChI=1S/C14H12ClN5/c1-20-14(16)12(10-4-2-3-5-11(10)15)13(19-20)9-6-17-8-18-7-9/h2-8H,16H2,1H3. The Morgan fingerprint density at radius 2 is 1.85 bits per heavy atom. The van der Waals surface area contributed by atoms with E-state index in [0.717, 1.165) is 22.4 Å². The van der Waals surface area contributed by atoms with Gasteiger partial charge in [-0.05, 0) is 6.07 Å². The molecule has 0 bridgehead atoms. The first-order valence-corrected chi connectivity index (χ1v) is 6.39. The third-order valence-electron chi connectivity index (χ3n) is 3.07. The number of anilines is 1. The number of rotatable bonds is 2. The van der Waals surface area contributed by atoms with E-state index in [0.29, 0.717) is 10.8 Å². The van der Waals surface area contributed by atoms with Crippen LogP contribution in [0.15, 0.2) is 43.0 Å². The Kier molecular flexibility index (Phi) is 3.12. The molecule has 100 valence electrons. The zero-order valence-electron chi connectivity index (χ0n) is 10.8. The first-order chi connectivity index (χ1) is 9.68. The predicted molar refractivity (Wildman–Crippen MR) is 79.1 cm³/mol. The Labute approximate surface area is 121 Å². The van der Waals surface area contributed by atoms with Crippen LogP contribution in [-0.2, 0) is 7.05 Å². The molecule has 0 spiro atoms. The minimum Gasteiger partial charge on any atom is -0.383 e. The highest BCUT2D eigenvalue weighted by Crippen LogP contribution is 2.38. The molecule has 3 aromatic rings. The van der Waals surface area contributed by atoms with Gasteiger partial charge in [0.25, 0.3) is 0 Å². The zero-order valence-corrected chi connectivity index (χ0v) is 11.5. The number of nitrogens with zero attached hydrogens (tertiary/aromatic N) is 4. The third-order valence-corrected chi connectivity index (χ3v) is 3.40. The molecule has 2 heterocycles. The Bertz CT molecular complexity index is 752. The van der Waals surface area contributed by atoms with Gasteiger partial charge >= 0.3 is 0 Å². The van der Waals surface area contributed by atoms with Crippen LogP contribution in [0.2, 0.25) is 5.02 Å². The maximum absolute atomic E-state index is 6.28. The lowest BCUT2D eigenvalue weighted by molar-refractivity contribution is 0.782. The quantitative estimate of drug-likeness (QED) is 0.786. The van der Waals surface area contributed by atoms with Gasteiger partial charge in [-0.2, -0.15) is 5.10 Å². The van der Waals surface area contributed by atoms with Crippen molar-refractivity contribution >= 4 is 17.4 Å². The largest absolute Gasteiger partial charge is 0.383 e. The number of aryl methyl sites for hydroxylation is 1. The van der Waals surface area contributed by atoms with Crippen LogP contribution in [0.1, 0.15) is 0 Å². The molecule has 0 unspecified atom stereocenters. The van der Waals surface area contributed by atoms with E-state index in [-0.39, 0.29) is 0 Å². The number of aromatic nitrogens is 4. The summed E-state index contributed by atoms with van der Waals surface area (Å²) in [5.41, 5.74) is 9.31. The maximum Gasteiger partial charge on any atom is 0.129 e. The van der Waals surface area contributed by atoms with E-state index in [2.05, 4.69) is 15.1 Å². The SMILES string of the molecule is Cn1nc(-c2cncnc2)c(-c2ccccc2Cl)c1N. The molecule has 0 saturated carbocycles. The molecular formula is C14H12ClN5. The minimum atomic E-state index is 0.553. The first-order valence-electron chi connectivity index (χ1n) is 6.01. The molecule has 0 radical (unpaired) electrons. The molecular weight excluding hydrogens is 274 g/mol.